The molecule has 0 saturated carbocycles. The molecule has 0 radical (unpaired) electrons. The Balaban J connectivity index is 2.10. The van der Waals surface area contributed by atoms with E-state index >= 15 is 0 Å². The van der Waals surface area contributed by atoms with E-state index in [1.807, 2.05) is 24.3 Å². The summed E-state index contributed by atoms with van der Waals surface area (Å²) in [5, 5.41) is 2.80. The zero-order valence-corrected chi connectivity index (χ0v) is 11.6. The highest BCUT2D eigenvalue weighted by Gasteiger charge is 2.18. The third kappa shape index (κ3) is 3.19. The van der Waals surface area contributed by atoms with Crippen LogP contribution >= 0.6 is 0 Å². The van der Waals surface area contributed by atoms with Crippen molar-refractivity contribution in [3.8, 4) is 0 Å². The van der Waals surface area contributed by atoms with Crippen LogP contribution in [0.25, 0.3) is 0 Å². The Morgan fingerprint density at radius 3 is 2.35 bits per heavy atom. The Hall–Kier alpha value is -2.27. The molecule has 1 aromatic heterocycles. The van der Waals surface area contributed by atoms with Gasteiger partial charge < -0.3 is 11.1 Å². The van der Waals surface area contributed by atoms with E-state index in [4.69, 9.17) is 5.73 Å². The predicted octanol–water partition coefficient (Wildman–Crippen LogP) is 1.97. The van der Waals surface area contributed by atoms with Gasteiger partial charge in [-0.2, -0.15) is 0 Å². The molecular formula is C15H18N4O. The predicted molar refractivity (Wildman–Crippen MR) is 78.5 cm³/mol. The summed E-state index contributed by atoms with van der Waals surface area (Å²) in [4.78, 5) is 19.6. The summed E-state index contributed by atoms with van der Waals surface area (Å²) in [7, 11) is 0. The van der Waals surface area contributed by atoms with E-state index in [1.165, 1.54) is 18.7 Å². The van der Waals surface area contributed by atoms with Gasteiger partial charge in [-0.05, 0) is 17.7 Å². The van der Waals surface area contributed by atoms with Crippen LogP contribution in [0.2, 0.25) is 0 Å². The summed E-state index contributed by atoms with van der Waals surface area (Å²) >= 11 is 0. The minimum absolute atomic E-state index is 0.0736. The van der Waals surface area contributed by atoms with Crippen molar-refractivity contribution in [2.75, 3.05) is 11.9 Å². The van der Waals surface area contributed by atoms with Crippen molar-refractivity contribution in [3.05, 3.63) is 54.1 Å². The minimum atomic E-state index is -0.226. The quantitative estimate of drug-likeness (QED) is 0.890. The van der Waals surface area contributed by atoms with Gasteiger partial charge in [0.05, 0.1) is 5.56 Å². The minimum Gasteiger partial charge on any atom is -0.330 e. The van der Waals surface area contributed by atoms with Crippen molar-refractivity contribution in [2.45, 2.75) is 19.3 Å². The van der Waals surface area contributed by atoms with Crippen molar-refractivity contribution in [3.63, 3.8) is 0 Å². The fourth-order valence-electron chi connectivity index (χ4n) is 1.74. The molecule has 0 unspecified atom stereocenters. The van der Waals surface area contributed by atoms with Crippen LogP contribution < -0.4 is 11.1 Å². The van der Waals surface area contributed by atoms with Crippen LogP contribution in [-0.4, -0.2) is 22.4 Å². The number of nitrogens with two attached hydrogens (primary N) is 1. The maximum Gasteiger partial charge on any atom is 0.258 e. The van der Waals surface area contributed by atoms with Crippen LogP contribution in [-0.2, 0) is 5.41 Å². The number of nitrogens with one attached hydrogen (secondary N) is 1. The van der Waals surface area contributed by atoms with Crippen LogP contribution in [0, 0.1) is 0 Å². The molecule has 3 N–H and O–H groups in total. The number of carbonyl (C=O) groups excluding carboxylic acids is 1. The molecule has 0 bridgehead atoms. The van der Waals surface area contributed by atoms with Crippen molar-refractivity contribution < 1.29 is 4.79 Å². The fraction of sp³-hybridized carbons (Fsp3) is 0.267. The van der Waals surface area contributed by atoms with Gasteiger partial charge in [0.25, 0.3) is 5.91 Å². The van der Waals surface area contributed by atoms with Gasteiger partial charge in [-0.3, -0.25) is 4.79 Å². The van der Waals surface area contributed by atoms with Crippen molar-refractivity contribution in [1.82, 2.24) is 9.97 Å². The maximum absolute atomic E-state index is 11.9. The van der Waals surface area contributed by atoms with Crippen LogP contribution in [0.5, 0.6) is 0 Å². The lowest BCUT2D eigenvalue weighted by Gasteiger charge is -2.23. The van der Waals surface area contributed by atoms with Crippen LogP contribution in [0.3, 0.4) is 0 Å². The summed E-state index contributed by atoms with van der Waals surface area (Å²) in [5.41, 5.74) is 7.98. The van der Waals surface area contributed by atoms with E-state index in [0.717, 1.165) is 11.3 Å². The van der Waals surface area contributed by atoms with Gasteiger partial charge in [-0.25, -0.2) is 9.97 Å². The van der Waals surface area contributed by atoms with Crippen LogP contribution in [0.4, 0.5) is 5.69 Å². The number of anilines is 1. The SMILES string of the molecule is CC(C)(CN)c1ccc(NC(=O)c2cncnc2)cc1. The van der Waals surface area contributed by atoms with E-state index in [-0.39, 0.29) is 11.3 Å². The molecule has 2 aromatic rings. The fourth-order valence-corrected chi connectivity index (χ4v) is 1.74. The number of hydrogen-bond donors (Lipinski definition) is 2. The second-order valence-electron chi connectivity index (χ2n) is 5.25. The molecule has 0 spiro atoms. The first kappa shape index (κ1) is 14.1. The molecule has 0 saturated heterocycles. The van der Waals surface area contributed by atoms with E-state index in [9.17, 15) is 4.79 Å². The Morgan fingerprint density at radius 1 is 1.20 bits per heavy atom. The molecule has 5 nitrogen and oxygen atoms in total. The van der Waals surface area contributed by atoms with E-state index in [0.29, 0.717) is 12.1 Å². The van der Waals surface area contributed by atoms with Gasteiger partial charge in [0, 0.05) is 30.0 Å². The molecule has 0 aliphatic heterocycles. The normalized spacial score (nSPS) is 11.2. The molecule has 1 heterocycles. The Morgan fingerprint density at radius 2 is 1.80 bits per heavy atom. The number of hydrogen-bond acceptors (Lipinski definition) is 4. The molecule has 0 fully saturated rings. The maximum atomic E-state index is 11.9. The number of carbonyl (C=O) groups is 1. The Labute approximate surface area is 118 Å². The number of rotatable bonds is 4. The van der Waals surface area contributed by atoms with E-state index < -0.39 is 0 Å². The van der Waals surface area contributed by atoms with Crippen molar-refractivity contribution in [1.29, 1.82) is 0 Å². The summed E-state index contributed by atoms with van der Waals surface area (Å²) in [6.45, 7) is 4.74. The molecular weight excluding hydrogens is 252 g/mol. The van der Waals surface area contributed by atoms with Gasteiger partial charge in [0.15, 0.2) is 0 Å². The van der Waals surface area contributed by atoms with Gasteiger partial charge >= 0.3 is 0 Å². The highest BCUT2D eigenvalue weighted by Crippen LogP contribution is 2.23. The topological polar surface area (TPSA) is 80.9 Å². The first-order chi connectivity index (χ1) is 9.53. The molecule has 2 rings (SSSR count). The molecule has 104 valence electrons. The van der Waals surface area contributed by atoms with Gasteiger partial charge in [0.2, 0.25) is 0 Å². The lowest BCUT2D eigenvalue weighted by molar-refractivity contribution is 0.102. The van der Waals surface area contributed by atoms with Gasteiger partial charge in [-0.1, -0.05) is 26.0 Å². The third-order valence-corrected chi connectivity index (χ3v) is 3.26. The van der Waals surface area contributed by atoms with Crippen molar-refractivity contribution >= 4 is 11.6 Å². The molecule has 20 heavy (non-hydrogen) atoms. The second kappa shape index (κ2) is 5.79. The Bertz CT molecular complexity index is 579. The molecule has 0 aliphatic carbocycles. The zero-order chi connectivity index (χ0) is 14.6. The second-order valence-corrected chi connectivity index (χ2v) is 5.25. The number of benzene rings is 1. The lowest BCUT2D eigenvalue weighted by Crippen LogP contribution is -2.27. The first-order valence-electron chi connectivity index (χ1n) is 6.40. The number of nitrogens with zero attached hydrogens (tertiary/aromatic N) is 2. The highest BCUT2D eigenvalue weighted by molar-refractivity contribution is 6.03. The molecule has 5 heteroatoms. The number of aromatic nitrogens is 2. The smallest absolute Gasteiger partial charge is 0.258 e. The zero-order valence-electron chi connectivity index (χ0n) is 11.6. The highest BCUT2D eigenvalue weighted by atomic mass is 16.1. The average Bonchev–Trinajstić information content (AvgIpc) is 2.48. The molecule has 0 atom stereocenters. The molecule has 0 aliphatic rings. The largest absolute Gasteiger partial charge is 0.330 e. The average molecular weight is 270 g/mol. The van der Waals surface area contributed by atoms with Crippen LogP contribution in [0.1, 0.15) is 29.8 Å². The summed E-state index contributed by atoms with van der Waals surface area (Å²) < 4.78 is 0. The van der Waals surface area contributed by atoms with Gasteiger partial charge in [0.1, 0.15) is 6.33 Å². The standard InChI is InChI=1S/C15H18N4O/c1-15(2,9-16)12-3-5-13(6-4-12)19-14(20)11-7-17-10-18-8-11/h3-8,10H,9,16H2,1-2H3,(H,19,20). The molecule has 1 amide bonds. The van der Waals surface area contributed by atoms with Crippen molar-refractivity contribution in [2.24, 2.45) is 5.73 Å². The molecule has 1 aromatic carbocycles. The first-order valence-corrected chi connectivity index (χ1v) is 6.40. The summed E-state index contributed by atoms with van der Waals surface area (Å²) in [5.74, 6) is -0.226. The van der Waals surface area contributed by atoms with Gasteiger partial charge in [-0.15, -0.1) is 0 Å². The number of amides is 1. The summed E-state index contributed by atoms with van der Waals surface area (Å²) in [6, 6.07) is 7.69. The van der Waals surface area contributed by atoms with E-state index in [1.54, 1.807) is 0 Å². The Kier molecular flexibility index (Phi) is 4.10. The van der Waals surface area contributed by atoms with Crippen LogP contribution in [0.15, 0.2) is 43.0 Å². The monoisotopic (exact) mass is 270 g/mol. The lowest BCUT2D eigenvalue weighted by atomic mass is 9.85. The van der Waals surface area contributed by atoms with E-state index in [2.05, 4.69) is 29.1 Å². The summed E-state index contributed by atoms with van der Waals surface area (Å²) in [6.07, 6.45) is 4.35. The third-order valence-electron chi connectivity index (χ3n) is 3.26.